The lowest BCUT2D eigenvalue weighted by Crippen LogP contribution is -2.49. The molecule has 3 aromatic rings. The Labute approximate surface area is 227 Å². The van der Waals surface area contributed by atoms with E-state index in [-0.39, 0.29) is 6.10 Å². The van der Waals surface area contributed by atoms with Crippen LogP contribution in [0.4, 0.5) is 23.0 Å². The third kappa shape index (κ3) is 5.57. The van der Waals surface area contributed by atoms with E-state index in [4.69, 9.17) is 9.72 Å². The van der Waals surface area contributed by atoms with Gasteiger partial charge in [-0.05, 0) is 55.3 Å². The van der Waals surface area contributed by atoms with E-state index in [1.165, 1.54) is 0 Å². The summed E-state index contributed by atoms with van der Waals surface area (Å²) in [4.78, 5) is 18.1. The highest BCUT2D eigenvalue weighted by Gasteiger charge is 2.23. The van der Waals surface area contributed by atoms with Crippen molar-refractivity contribution in [1.82, 2.24) is 20.3 Å². The van der Waals surface area contributed by atoms with Crippen molar-refractivity contribution in [2.24, 2.45) is 4.99 Å². The minimum Gasteiger partial charge on any atom is -0.393 e. The number of morpholine rings is 1. The number of hydrazine groups is 1. The first-order chi connectivity index (χ1) is 19.2. The molecule has 0 bridgehead atoms. The zero-order valence-corrected chi connectivity index (χ0v) is 21.6. The summed E-state index contributed by atoms with van der Waals surface area (Å²) in [5.74, 6) is 1.36. The summed E-state index contributed by atoms with van der Waals surface area (Å²) in [6.07, 6.45) is 2.89. The number of piperidine rings is 1. The van der Waals surface area contributed by atoms with Crippen LogP contribution in [0.2, 0.25) is 0 Å². The number of hydrogen-bond acceptors (Lipinski definition) is 11. The third-order valence-corrected chi connectivity index (χ3v) is 7.22. The van der Waals surface area contributed by atoms with Crippen LogP contribution >= 0.6 is 0 Å². The molecular formula is C28H31N9O2. The highest BCUT2D eigenvalue weighted by molar-refractivity contribution is 5.84. The van der Waals surface area contributed by atoms with Crippen molar-refractivity contribution in [2.75, 3.05) is 61.3 Å². The van der Waals surface area contributed by atoms with E-state index >= 15 is 0 Å². The van der Waals surface area contributed by atoms with Gasteiger partial charge in [-0.25, -0.2) is 15.0 Å². The first-order valence-electron chi connectivity index (χ1n) is 13.3. The second-order valence-corrected chi connectivity index (χ2v) is 9.76. The number of guanidine groups is 1. The number of rotatable bonds is 5. The number of hydrogen-bond donors (Lipinski definition) is 3. The van der Waals surface area contributed by atoms with Crippen molar-refractivity contribution in [2.45, 2.75) is 18.9 Å². The smallest absolute Gasteiger partial charge is 0.227 e. The molecule has 200 valence electrons. The summed E-state index contributed by atoms with van der Waals surface area (Å²) in [5.41, 5.74) is 8.34. The van der Waals surface area contributed by atoms with E-state index in [1.807, 2.05) is 53.5 Å². The molecule has 2 aromatic carbocycles. The SMILES string of the molecule is N#Cc1cc(-c2ccnc(Nc3ccc(N4CN=C(N5CCOCC5)N4)cc3)n2)ccc1N1CCC(O)CC1. The normalized spacial score (nSPS) is 17.9. The molecule has 3 aliphatic rings. The van der Waals surface area contributed by atoms with E-state index in [1.54, 1.807) is 6.20 Å². The van der Waals surface area contributed by atoms with Crippen LogP contribution < -0.4 is 20.7 Å². The van der Waals surface area contributed by atoms with Crippen LogP contribution in [-0.4, -0.2) is 78.1 Å². The first kappa shape index (κ1) is 24.9. The molecule has 0 unspecified atom stereocenters. The molecule has 39 heavy (non-hydrogen) atoms. The number of aliphatic hydroxyl groups excluding tert-OH is 1. The molecular weight excluding hydrogens is 494 g/mol. The van der Waals surface area contributed by atoms with Crippen molar-refractivity contribution in [3.05, 3.63) is 60.3 Å². The Bertz CT molecular complexity index is 1370. The Morgan fingerprint density at radius 1 is 1.00 bits per heavy atom. The highest BCUT2D eigenvalue weighted by atomic mass is 16.5. The Kier molecular flexibility index (Phi) is 7.12. The first-order valence-corrected chi connectivity index (χ1v) is 13.3. The van der Waals surface area contributed by atoms with Gasteiger partial charge in [0.25, 0.3) is 0 Å². The van der Waals surface area contributed by atoms with Crippen molar-refractivity contribution < 1.29 is 9.84 Å². The molecule has 0 aliphatic carbocycles. The molecule has 0 atom stereocenters. The van der Waals surface area contributed by atoms with Crippen LogP contribution in [0.1, 0.15) is 18.4 Å². The lowest BCUT2D eigenvalue weighted by atomic mass is 10.0. The van der Waals surface area contributed by atoms with Gasteiger partial charge >= 0.3 is 0 Å². The fourth-order valence-electron chi connectivity index (χ4n) is 5.02. The fraction of sp³-hybridized carbons (Fsp3) is 0.357. The van der Waals surface area contributed by atoms with Crippen LogP contribution in [-0.2, 0) is 4.74 Å². The number of aliphatic imine (C=N–C) groups is 1. The minimum atomic E-state index is -0.256. The second kappa shape index (κ2) is 11.1. The number of aromatic nitrogens is 2. The summed E-state index contributed by atoms with van der Waals surface area (Å²) < 4.78 is 5.43. The fourth-order valence-corrected chi connectivity index (χ4v) is 5.02. The van der Waals surface area contributed by atoms with E-state index in [9.17, 15) is 10.4 Å². The van der Waals surface area contributed by atoms with Crippen molar-refractivity contribution in [3.8, 4) is 17.3 Å². The number of ether oxygens (including phenoxy) is 1. The van der Waals surface area contributed by atoms with Crippen LogP contribution in [0, 0.1) is 11.3 Å². The van der Waals surface area contributed by atoms with Gasteiger partial charge < -0.3 is 25.0 Å². The zero-order valence-electron chi connectivity index (χ0n) is 21.6. The average Bonchev–Trinajstić information content (AvgIpc) is 3.49. The van der Waals surface area contributed by atoms with Crippen LogP contribution in [0.25, 0.3) is 11.3 Å². The number of anilines is 4. The lowest BCUT2D eigenvalue weighted by Gasteiger charge is -2.32. The molecule has 2 saturated heterocycles. The van der Waals surface area contributed by atoms with Gasteiger partial charge in [-0.3, -0.25) is 10.4 Å². The van der Waals surface area contributed by atoms with Gasteiger partial charge in [-0.15, -0.1) is 0 Å². The molecule has 4 heterocycles. The van der Waals surface area contributed by atoms with Gasteiger partial charge in [0.2, 0.25) is 11.9 Å². The monoisotopic (exact) mass is 525 g/mol. The molecule has 11 nitrogen and oxygen atoms in total. The van der Waals surface area contributed by atoms with E-state index in [0.29, 0.717) is 31.0 Å². The molecule has 6 rings (SSSR count). The number of nitrogens with zero attached hydrogens (tertiary/aromatic N) is 7. The van der Waals surface area contributed by atoms with Gasteiger partial charge in [0.15, 0.2) is 0 Å². The molecule has 3 N–H and O–H groups in total. The summed E-state index contributed by atoms with van der Waals surface area (Å²) in [6.45, 7) is 5.16. The summed E-state index contributed by atoms with van der Waals surface area (Å²) >= 11 is 0. The van der Waals surface area contributed by atoms with Crippen molar-refractivity contribution in [1.29, 1.82) is 5.26 Å². The molecule has 2 fully saturated rings. The molecule has 0 amide bonds. The third-order valence-electron chi connectivity index (χ3n) is 7.22. The van der Waals surface area contributed by atoms with Crippen LogP contribution in [0.5, 0.6) is 0 Å². The summed E-state index contributed by atoms with van der Waals surface area (Å²) in [5, 5.41) is 24.9. The molecule has 11 heteroatoms. The van der Waals surface area contributed by atoms with Crippen LogP contribution in [0.15, 0.2) is 59.7 Å². The Balaban J connectivity index is 1.11. The molecule has 0 radical (unpaired) electrons. The lowest BCUT2D eigenvalue weighted by molar-refractivity contribution is 0.0669. The van der Waals surface area contributed by atoms with Crippen molar-refractivity contribution in [3.63, 3.8) is 0 Å². The van der Waals surface area contributed by atoms with E-state index in [2.05, 4.69) is 36.6 Å². The largest absolute Gasteiger partial charge is 0.393 e. The minimum absolute atomic E-state index is 0.256. The number of nitrogens with one attached hydrogen (secondary N) is 2. The quantitative estimate of drug-likeness (QED) is 0.458. The average molecular weight is 526 g/mol. The predicted molar refractivity (Wildman–Crippen MR) is 150 cm³/mol. The number of benzene rings is 2. The van der Waals surface area contributed by atoms with Gasteiger partial charge in [0.1, 0.15) is 12.7 Å². The molecule has 0 saturated carbocycles. The zero-order chi connectivity index (χ0) is 26.6. The topological polar surface area (TPSA) is 125 Å². The maximum absolute atomic E-state index is 9.82. The van der Waals surface area contributed by atoms with Gasteiger partial charge in [0.05, 0.1) is 41.9 Å². The summed E-state index contributed by atoms with van der Waals surface area (Å²) in [6, 6.07) is 18.0. The summed E-state index contributed by atoms with van der Waals surface area (Å²) in [7, 11) is 0. The predicted octanol–water partition coefficient (Wildman–Crippen LogP) is 2.69. The Morgan fingerprint density at radius 2 is 1.79 bits per heavy atom. The van der Waals surface area contributed by atoms with Crippen LogP contribution in [0.3, 0.4) is 0 Å². The standard InChI is InChI=1S/C28H31N9O2/c29-18-21-17-20(1-6-26(21)35-11-8-24(38)9-12-35)25-7-10-30-27(33-25)32-22-2-4-23(5-3-22)37-19-31-28(34-37)36-13-15-39-16-14-36/h1-7,10,17,24,38H,8-9,11-16,19H2,(H,31,34)(H,30,32,33). The van der Waals surface area contributed by atoms with E-state index in [0.717, 1.165) is 73.7 Å². The van der Waals surface area contributed by atoms with Gasteiger partial charge in [-0.1, -0.05) is 6.07 Å². The molecule has 1 aromatic heterocycles. The van der Waals surface area contributed by atoms with Gasteiger partial charge in [-0.2, -0.15) is 5.26 Å². The molecule has 3 aliphatic heterocycles. The maximum Gasteiger partial charge on any atom is 0.227 e. The number of aliphatic hydroxyl groups is 1. The van der Waals surface area contributed by atoms with Crippen molar-refractivity contribution >= 4 is 29.0 Å². The Morgan fingerprint density at radius 3 is 2.56 bits per heavy atom. The van der Waals surface area contributed by atoms with Gasteiger partial charge in [0, 0.05) is 43.6 Å². The van der Waals surface area contributed by atoms with E-state index < -0.39 is 0 Å². The number of nitriles is 1. The maximum atomic E-state index is 9.82. The second-order valence-electron chi connectivity index (χ2n) is 9.76. The highest BCUT2D eigenvalue weighted by Crippen LogP contribution is 2.29. The molecule has 0 spiro atoms. The Hall–Kier alpha value is -4.40.